The Morgan fingerprint density at radius 3 is 2.50 bits per heavy atom. The lowest BCUT2D eigenvalue weighted by Gasteiger charge is -2.14. The largest absolute Gasteiger partial charge is 0.490 e. The topological polar surface area (TPSA) is 103 Å². The van der Waals surface area contributed by atoms with Crippen LogP contribution in [0.25, 0.3) is 0 Å². The highest BCUT2D eigenvalue weighted by Crippen LogP contribution is 2.34. The molecule has 1 amide bonds. The molecule has 0 heterocycles. The third-order valence-corrected chi connectivity index (χ3v) is 6.11. The van der Waals surface area contributed by atoms with Crippen molar-refractivity contribution in [3.05, 3.63) is 92.4 Å². The number of halogens is 1. The molecule has 3 aromatic rings. The molecule has 34 heavy (non-hydrogen) atoms. The van der Waals surface area contributed by atoms with Gasteiger partial charge in [-0.3, -0.25) is 14.9 Å². The van der Waals surface area contributed by atoms with Crippen LogP contribution in [0, 0.1) is 10.1 Å². The zero-order chi connectivity index (χ0) is 24.3. The fourth-order valence-corrected chi connectivity index (χ4v) is 3.90. The minimum Gasteiger partial charge on any atom is -0.490 e. The molecule has 0 aromatic heterocycles. The first-order chi connectivity index (χ1) is 16.5. The zero-order valence-corrected chi connectivity index (χ0v) is 20.7. The van der Waals surface area contributed by atoms with Gasteiger partial charge in [0.15, 0.2) is 11.5 Å². The number of nitro groups is 1. The molecule has 0 spiro atoms. The summed E-state index contributed by atoms with van der Waals surface area (Å²) in [6.07, 6.45) is 1.52. The molecule has 1 N–H and O–H groups in total. The Morgan fingerprint density at radius 2 is 1.82 bits per heavy atom. The summed E-state index contributed by atoms with van der Waals surface area (Å²) >= 11 is 4.77. The number of hydrogen-bond donors (Lipinski definition) is 1. The van der Waals surface area contributed by atoms with Crippen LogP contribution in [0.5, 0.6) is 11.5 Å². The van der Waals surface area contributed by atoms with E-state index in [0.29, 0.717) is 30.3 Å². The second-order valence-electron chi connectivity index (χ2n) is 6.86. The Bertz CT molecular complexity index is 1160. The summed E-state index contributed by atoms with van der Waals surface area (Å²) in [6, 6.07) is 19.4. The highest BCUT2D eigenvalue weighted by molar-refractivity contribution is 9.10. The van der Waals surface area contributed by atoms with Crippen LogP contribution < -0.4 is 14.9 Å². The number of non-ortho nitro benzene ring substituents is 1. The van der Waals surface area contributed by atoms with Gasteiger partial charge in [-0.15, -0.1) is 11.8 Å². The molecule has 0 saturated carbocycles. The number of rotatable bonds is 11. The maximum atomic E-state index is 12.1. The van der Waals surface area contributed by atoms with Gasteiger partial charge in [0.05, 0.1) is 23.5 Å². The summed E-state index contributed by atoms with van der Waals surface area (Å²) in [5.74, 6) is 0.984. The van der Waals surface area contributed by atoms with Crippen LogP contribution in [-0.2, 0) is 11.4 Å². The van der Waals surface area contributed by atoms with Crippen molar-refractivity contribution < 1.29 is 19.2 Å². The Kier molecular flexibility index (Phi) is 9.48. The van der Waals surface area contributed by atoms with Crippen molar-refractivity contribution in [2.24, 2.45) is 5.10 Å². The van der Waals surface area contributed by atoms with Crippen LogP contribution in [0.2, 0.25) is 0 Å². The summed E-state index contributed by atoms with van der Waals surface area (Å²) in [5.41, 5.74) is 4.24. The van der Waals surface area contributed by atoms with Gasteiger partial charge in [0, 0.05) is 27.1 Å². The Labute approximate surface area is 209 Å². The molecular formula is C24H22BrN3O5S. The van der Waals surface area contributed by atoms with Crippen molar-refractivity contribution >= 4 is 45.5 Å². The first-order valence-electron chi connectivity index (χ1n) is 10.3. The molecule has 0 aliphatic heterocycles. The van der Waals surface area contributed by atoms with Gasteiger partial charge in [-0.2, -0.15) is 5.10 Å². The predicted octanol–water partition coefficient (Wildman–Crippen LogP) is 5.58. The predicted molar refractivity (Wildman–Crippen MR) is 136 cm³/mol. The smallest absolute Gasteiger partial charge is 0.269 e. The van der Waals surface area contributed by atoms with Crippen molar-refractivity contribution in [1.82, 2.24) is 5.43 Å². The summed E-state index contributed by atoms with van der Waals surface area (Å²) in [4.78, 5) is 23.1. The van der Waals surface area contributed by atoms with E-state index in [1.165, 1.54) is 30.1 Å². The fraction of sp³-hybridized carbons (Fsp3) is 0.167. The Hall–Kier alpha value is -3.37. The van der Waals surface area contributed by atoms with Crippen LogP contribution >= 0.6 is 27.7 Å². The molecule has 0 radical (unpaired) electrons. The molecule has 0 aliphatic rings. The normalized spacial score (nSPS) is 10.8. The zero-order valence-electron chi connectivity index (χ0n) is 18.3. The number of nitrogens with zero attached hydrogens (tertiary/aromatic N) is 2. The lowest BCUT2D eigenvalue weighted by molar-refractivity contribution is -0.384. The molecule has 10 heteroatoms. The van der Waals surface area contributed by atoms with E-state index in [2.05, 4.69) is 26.5 Å². The van der Waals surface area contributed by atoms with Crippen LogP contribution in [0.1, 0.15) is 18.1 Å². The Balaban J connectivity index is 1.57. The van der Waals surface area contributed by atoms with E-state index in [-0.39, 0.29) is 17.3 Å². The van der Waals surface area contributed by atoms with Crippen LogP contribution in [0.3, 0.4) is 0 Å². The van der Waals surface area contributed by atoms with Crippen molar-refractivity contribution in [2.45, 2.75) is 18.4 Å². The summed E-state index contributed by atoms with van der Waals surface area (Å²) in [7, 11) is 0. The van der Waals surface area contributed by atoms with E-state index in [1.807, 2.05) is 43.3 Å². The van der Waals surface area contributed by atoms with Gasteiger partial charge < -0.3 is 9.47 Å². The molecule has 0 saturated heterocycles. The maximum absolute atomic E-state index is 12.1. The minimum absolute atomic E-state index is 0.00637. The summed E-state index contributed by atoms with van der Waals surface area (Å²) in [5, 5.41) is 14.7. The van der Waals surface area contributed by atoms with Crippen LogP contribution in [0.15, 0.2) is 81.2 Å². The number of benzene rings is 3. The van der Waals surface area contributed by atoms with Gasteiger partial charge in [-0.25, -0.2) is 5.43 Å². The highest BCUT2D eigenvalue weighted by atomic mass is 79.9. The molecule has 0 fully saturated rings. The summed E-state index contributed by atoms with van der Waals surface area (Å²) in [6.45, 7) is 2.76. The molecule has 0 aliphatic carbocycles. The lowest BCUT2D eigenvalue weighted by Crippen LogP contribution is -2.19. The molecule has 0 atom stereocenters. The average Bonchev–Trinajstić information content (AvgIpc) is 2.84. The first-order valence-corrected chi connectivity index (χ1v) is 12.1. The minimum atomic E-state index is -0.465. The number of ether oxygens (including phenoxy) is 2. The number of nitrogens with one attached hydrogen (secondary N) is 1. The van der Waals surface area contributed by atoms with Gasteiger partial charge in [0.25, 0.3) is 5.69 Å². The van der Waals surface area contributed by atoms with E-state index in [4.69, 9.17) is 9.47 Å². The van der Waals surface area contributed by atoms with Crippen molar-refractivity contribution in [1.29, 1.82) is 0 Å². The molecule has 3 aromatic carbocycles. The van der Waals surface area contributed by atoms with Gasteiger partial charge in [0.2, 0.25) is 5.91 Å². The standard InChI is InChI=1S/C24H22BrN3O5S/c1-2-32-22-12-18(21(25)13-23(22)33-15-17-6-4-3-5-7-17)14-26-27-24(29)16-34-20-10-8-19(9-11-20)28(30)31/h3-14H,2,15-16H2,1H3,(H,27,29)/b26-14-. The number of carbonyl (C=O) groups excluding carboxylic acids is 1. The number of thioether (sulfide) groups is 1. The van der Waals surface area contributed by atoms with Crippen LogP contribution in [0.4, 0.5) is 5.69 Å². The highest BCUT2D eigenvalue weighted by Gasteiger charge is 2.11. The van der Waals surface area contributed by atoms with E-state index >= 15 is 0 Å². The molecule has 0 unspecified atom stereocenters. The second-order valence-corrected chi connectivity index (χ2v) is 8.76. The quantitative estimate of drug-likeness (QED) is 0.146. The second kappa shape index (κ2) is 12.8. The summed E-state index contributed by atoms with van der Waals surface area (Å²) < 4.78 is 12.4. The molecule has 8 nitrogen and oxygen atoms in total. The fourth-order valence-electron chi connectivity index (χ4n) is 2.79. The van der Waals surface area contributed by atoms with E-state index in [0.717, 1.165) is 14.9 Å². The molecule has 176 valence electrons. The van der Waals surface area contributed by atoms with Gasteiger partial charge in [-0.1, -0.05) is 30.3 Å². The van der Waals surface area contributed by atoms with Gasteiger partial charge >= 0.3 is 0 Å². The van der Waals surface area contributed by atoms with Crippen LogP contribution in [-0.4, -0.2) is 29.4 Å². The number of hydrazone groups is 1. The lowest BCUT2D eigenvalue weighted by atomic mass is 10.2. The molecular weight excluding hydrogens is 522 g/mol. The van der Waals surface area contributed by atoms with Crippen molar-refractivity contribution in [3.8, 4) is 11.5 Å². The maximum Gasteiger partial charge on any atom is 0.269 e. The number of nitro benzene ring substituents is 1. The van der Waals surface area contributed by atoms with Crippen molar-refractivity contribution in [3.63, 3.8) is 0 Å². The van der Waals surface area contributed by atoms with E-state index in [9.17, 15) is 14.9 Å². The number of hydrogen-bond acceptors (Lipinski definition) is 7. The first kappa shape index (κ1) is 25.3. The van der Waals surface area contributed by atoms with E-state index in [1.54, 1.807) is 18.2 Å². The van der Waals surface area contributed by atoms with E-state index < -0.39 is 4.92 Å². The van der Waals surface area contributed by atoms with Crippen molar-refractivity contribution in [2.75, 3.05) is 12.4 Å². The average molecular weight is 544 g/mol. The SMILES string of the molecule is CCOc1cc(/C=N\NC(=O)CSc2ccc([N+](=O)[O-])cc2)c(Br)cc1OCc1ccccc1. The number of amides is 1. The number of carbonyl (C=O) groups is 1. The monoisotopic (exact) mass is 543 g/mol. The third-order valence-electron chi connectivity index (χ3n) is 4.41. The molecule has 3 rings (SSSR count). The Morgan fingerprint density at radius 1 is 1.12 bits per heavy atom. The van der Waals surface area contributed by atoms with Gasteiger partial charge in [-0.05, 0) is 52.7 Å². The molecule has 0 bridgehead atoms. The third kappa shape index (κ3) is 7.60. The van der Waals surface area contributed by atoms with Gasteiger partial charge in [0.1, 0.15) is 6.61 Å².